The van der Waals surface area contributed by atoms with Crippen LogP contribution in [-0.4, -0.2) is 27.4 Å². The lowest BCUT2D eigenvalue weighted by Crippen LogP contribution is -1.89. The Morgan fingerprint density at radius 1 is 1.12 bits per heavy atom. The van der Waals surface area contributed by atoms with Crippen molar-refractivity contribution in [2.24, 2.45) is 0 Å². The Morgan fingerprint density at radius 2 is 2.00 bits per heavy atom. The van der Waals surface area contributed by atoms with Crippen molar-refractivity contribution in [1.82, 2.24) is 20.3 Å². The summed E-state index contributed by atoms with van der Waals surface area (Å²) in [6.45, 7) is 0. The monoisotopic (exact) mass is 386 g/mol. The third kappa shape index (κ3) is 3.94. The van der Waals surface area contributed by atoms with E-state index in [0.29, 0.717) is 35.0 Å². The number of nitrogens with zero attached hydrogens (tertiary/aromatic N) is 4. The van der Waals surface area contributed by atoms with Crippen LogP contribution >= 0.6 is 23.1 Å². The van der Waals surface area contributed by atoms with Gasteiger partial charge < -0.3 is 13.7 Å². The first-order valence-electron chi connectivity index (χ1n) is 7.75. The molecule has 1 aromatic carbocycles. The number of benzene rings is 1. The molecule has 0 aliphatic carbocycles. The second-order valence-electron chi connectivity index (χ2n) is 5.26. The van der Waals surface area contributed by atoms with Gasteiger partial charge in [0.2, 0.25) is 17.6 Å². The van der Waals surface area contributed by atoms with Crippen molar-refractivity contribution >= 4 is 23.1 Å². The molecule has 3 heterocycles. The molecule has 9 heteroatoms. The van der Waals surface area contributed by atoms with Crippen LogP contribution in [0.3, 0.4) is 0 Å². The second kappa shape index (κ2) is 7.71. The van der Waals surface area contributed by atoms with Crippen LogP contribution in [0.25, 0.3) is 10.7 Å². The van der Waals surface area contributed by atoms with Crippen molar-refractivity contribution in [2.45, 2.75) is 17.4 Å². The van der Waals surface area contributed by atoms with E-state index < -0.39 is 0 Å². The molecule has 7 nitrogen and oxygen atoms in total. The van der Waals surface area contributed by atoms with Crippen LogP contribution in [0.2, 0.25) is 0 Å². The smallest absolute Gasteiger partial charge is 0.277 e. The molecule has 0 amide bonds. The van der Waals surface area contributed by atoms with E-state index in [-0.39, 0.29) is 0 Å². The van der Waals surface area contributed by atoms with Crippen LogP contribution in [0.15, 0.2) is 55.9 Å². The van der Waals surface area contributed by atoms with E-state index in [1.54, 1.807) is 18.4 Å². The number of aromatic nitrogens is 4. The summed E-state index contributed by atoms with van der Waals surface area (Å²) in [6.07, 6.45) is 0.570. The lowest BCUT2D eigenvalue weighted by molar-refractivity contribution is 0.389. The van der Waals surface area contributed by atoms with Crippen molar-refractivity contribution in [3.8, 4) is 16.5 Å². The predicted octanol–water partition coefficient (Wildman–Crippen LogP) is 4.07. The van der Waals surface area contributed by atoms with Crippen molar-refractivity contribution in [3.63, 3.8) is 0 Å². The van der Waals surface area contributed by atoms with Gasteiger partial charge in [0, 0.05) is 0 Å². The average molecular weight is 386 g/mol. The Balaban J connectivity index is 1.34. The third-order valence-electron chi connectivity index (χ3n) is 3.49. The molecule has 4 aromatic rings. The molecule has 0 N–H and O–H groups in total. The third-order valence-corrected chi connectivity index (χ3v) is 5.16. The van der Waals surface area contributed by atoms with Gasteiger partial charge in [-0.05, 0) is 29.1 Å². The molecule has 0 unspecified atom stereocenters. The van der Waals surface area contributed by atoms with E-state index in [0.717, 1.165) is 16.2 Å². The van der Waals surface area contributed by atoms with Gasteiger partial charge in [-0.15, -0.1) is 21.5 Å². The molecule has 0 saturated heterocycles. The fourth-order valence-electron chi connectivity index (χ4n) is 2.23. The van der Waals surface area contributed by atoms with E-state index in [9.17, 15) is 0 Å². The molecule has 0 spiro atoms. The van der Waals surface area contributed by atoms with Crippen molar-refractivity contribution < 1.29 is 13.7 Å². The normalized spacial score (nSPS) is 11.0. The first-order chi connectivity index (χ1) is 12.8. The first-order valence-corrected chi connectivity index (χ1v) is 9.61. The minimum atomic E-state index is 0.475. The summed E-state index contributed by atoms with van der Waals surface area (Å²) in [5.74, 6) is 2.97. The number of methoxy groups -OCH3 is 1. The van der Waals surface area contributed by atoms with Gasteiger partial charge in [0.15, 0.2) is 0 Å². The average Bonchev–Trinajstić information content (AvgIpc) is 3.42. The highest BCUT2D eigenvalue weighted by Crippen LogP contribution is 2.25. The minimum Gasteiger partial charge on any atom is -0.497 e. The Bertz CT molecular complexity index is 964. The van der Waals surface area contributed by atoms with Gasteiger partial charge in [0.25, 0.3) is 5.22 Å². The number of hydrogen-bond acceptors (Lipinski definition) is 9. The van der Waals surface area contributed by atoms with Gasteiger partial charge in [-0.25, -0.2) is 0 Å². The molecular weight excluding hydrogens is 372 g/mol. The molecule has 4 rings (SSSR count). The van der Waals surface area contributed by atoms with E-state index in [1.807, 2.05) is 41.8 Å². The highest BCUT2D eigenvalue weighted by atomic mass is 32.2. The van der Waals surface area contributed by atoms with Crippen LogP contribution in [0.4, 0.5) is 0 Å². The SMILES string of the molecule is COc1ccc(Cc2nnc(SCc3nc(-c4cccs4)no3)o2)cc1. The zero-order chi connectivity index (χ0) is 17.8. The largest absolute Gasteiger partial charge is 0.497 e. The molecule has 0 fully saturated rings. The van der Waals surface area contributed by atoms with Crippen LogP contribution in [0.5, 0.6) is 5.75 Å². The molecule has 3 aromatic heterocycles. The fourth-order valence-corrected chi connectivity index (χ4v) is 3.50. The summed E-state index contributed by atoms with van der Waals surface area (Å²) >= 11 is 2.94. The van der Waals surface area contributed by atoms with Crippen LogP contribution in [0.1, 0.15) is 17.3 Å². The Kier molecular flexibility index (Phi) is 4.98. The molecule has 0 bridgehead atoms. The van der Waals surface area contributed by atoms with Crippen molar-refractivity contribution in [1.29, 1.82) is 0 Å². The topological polar surface area (TPSA) is 87.1 Å². The lowest BCUT2D eigenvalue weighted by Gasteiger charge is -2.00. The molecule has 0 atom stereocenters. The fraction of sp³-hybridized carbons (Fsp3) is 0.176. The Labute approximate surface area is 157 Å². The summed E-state index contributed by atoms with van der Waals surface area (Å²) in [6, 6.07) is 11.7. The Morgan fingerprint density at radius 3 is 2.77 bits per heavy atom. The molecule has 0 saturated carbocycles. The maximum atomic E-state index is 5.67. The summed E-state index contributed by atoms with van der Waals surface area (Å²) in [5, 5.41) is 14.6. The summed E-state index contributed by atoms with van der Waals surface area (Å²) in [7, 11) is 1.64. The zero-order valence-electron chi connectivity index (χ0n) is 13.8. The zero-order valence-corrected chi connectivity index (χ0v) is 15.4. The van der Waals surface area contributed by atoms with Gasteiger partial charge >= 0.3 is 0 Å². The van der Waals surface area contributed by atoms with Crippen LogP contribution in [-0.2, 0) is 12.2 Å². The Hall–Kier alpha value is -2.65. The van der Waals surface area contributed by atoms with Gasteiger partial charge in [-0.3, -0.25) is 0 Å². The maximum absolute atomic E-state index is 5.67. The van der Waals surface area contributed by atoms with E-state index in [1.165, 1.54) is 11.8 Å². The molecule has 0 aliphatic heterocycles. The highest BCUT2D eigenvalue weighted by molar-refractivity contribution is 7.98. The quantitative estimate of drug-likeness (QED) is 0.439. The van der Waals surface area contributed by atoms with E-state index in [2.05, 4.69) is 20.3 Å². The van der Waals surface area contributed by atoms with Gasteiger partial charge in [-0.2, -0.15) is 4.98 Å². The molecule has 0 radical (unpaired) electrons. The second-order valence-corrected chi connectivity index (χ2v) is 7.14. The van der Waals surface area contributed by atoms with Crippen LogP contribution < -0.4 is 4.74 Å². The predicted molar refractivity (Wildman–Crippen MR) is 97.3 cm³/mol. The van der Waals surface area contributed by atoms with Crippen molar-refractivity contribution in [2.75, 3.05) is 7.11 Å². The summed E-state index contributed by atoms with van der Waals surface area (Å²) in [5.41, 5.74) is 1.07. The van der Waals surface area contributed by atoms with Gasteiger partial charge in [-0.1, -0.05) is 35.1 Å². The lowest BCUT2D eigenvalue weighted by atomic mass is 10.1. The van der Waals surface area contributed by atoms with E-state index >= 15 is 0 Å². The number of ether oxygens (including phenoxy) is 1. The number of hydrogen-bond donors (Lipinski definition) is 0. The van der Waals surface area contributed by atoms with E-state index in [4.69, 9.17) is 13.7 Å². The summed E-state index contributed by atoms with van der Waals surface area (Å²) in [4.78, 5) is 5.35. The molecule has 0 aliphatic rings. The highest BCUT2D eigenvalue weighted by Gasteiger charge is 2.13. The number of thioether (sulfide) groups is 1. The maximum Gasteiger partial charge on any atom is 0.277 e. The number of thiophene rings is 1. The number of rotatable bonds is 7. The standard InChI is InChI=1S/C17H14N4O3S2/c1-22-12-6-4-11(5-7-12)9-14-19-20-17(23-14)26-10-15-18-16(21-24-15)13-3-2-8-25-13/h2-8H,9-10H2,1H3. The summed E-state index contributed by atoms with van der Waals surface area (Å²) < 4.78 is 16.1. The van der Waals surface area contributed by atoms with Crippen LogP contribution in [0, 0.1) is 0 Å². The molecule has 132 valence electrons. The molecule has 26 heavy (non-hydrogen) atoms. The first kappa shape index (κ1) is 16.8. The van der Waals surface area contributed by atoms with Gasteiger partial charge in [0.1, 0.15) is 5.75 Å². The van der Waals surface area contributed by atoms with Crippen molar-refractivity contribution in [3.05, 3.63) is 59.1 Å². The molecular formula is C17H14N4O3S2. The van der Waals surface area contributed by atoms with Gasteiger partial charge in [0.05, 0.1) is 24.2 Å². The minimum absolute atomic E-state index is 0.475.